The predicted octanol–water partition coefficient (Wildman–Crippen LogP) is 2.79. The molecule has 18 heavy (non-hydrogen) atoms. The lowest BCUT2D eigenvalue weighted by atomic mass is 9.96. The minimum Gasteiger partial charge on any atom is -0.310 e. The Labute approximate surface area is 111 Å². The molecule has 0 bridgehead atoms. The van der Waals surface area contributed by atoms with Gasteiger partial charge in [-0.25, -0.2) is 8.42 Å². The SMILES string of the molecule is CCCNC(c1cccc(S(C)(=O)=O)c1)C(C)C. The number of sulfone groups is 1. The lowest BCUT2D eigenvalue weighted by molar-refractivity contribution is 0.412. The summed E-state index contributed by atoms with van der Waals surface area (Å²) in [6.45, 7) is 7.34. The minimum atomic E-state index is -3.13. The zero-order valence-corrected chi connectivity index (χ0v) is 12.4. The molecule has 0 heterocycles. The Kier molecular flexibility index (Phi) is 5.35. The van der Waals surface area contributed by atoms with Crippen LogP contribution in [0.5, 0.6) is 0 Å². The van der Waals surface area contributed by atoms with Crippen LogP contribution in [0, 0.1) is 5.92 Å². The molecule has 0 fully saturated rings. The first-order valence-electron chi connectivity index (χ1n) is 6.39. The fourth-order valence-electron chi connectivity index (χ4n) is 1.98. The fraction of sp³-hybridized carbons (Fsp3) is 0.571. The van der Waals surface area contributed by atoms with Crippen LogP contribution < -0.4 is 5.32 Å². The molecular formula is C14H23NO2S. The second-order valence-corrected chi connectivity index (χ2v) is 7.04. The monoisotopic (exact) mass is 269 g/mol. The maximum Gasteiger partial charge on any atom is 0.175 e. The van der Waals surface area contributed by atoms with E-state index in [9.17, 15) is 8.42 Å². The van der Waals surface area contributed by atoms with Crippen LogP contribution in [-0.4, -0.2) is 21.2 Å². The van der Waals surface area contributed by atoms with Crippen LogP contribution in [0.2, 0.25) is 0 Å². The maximum atomic E-state index is 11.6. The van der Waals surface area contributed by atoms with Gasteiger partial charge in [0.2, 0.25) is 0 Å². The Balaban J connectivity index is 3.06. The van der Waals surface area contributed by atoms with Gasteiger partial charge in [0.25, 0.3) is 0 Å². The van der Waals surface area contributed by atoms with Crippen LogP contribution in [0.25, 0.3) is 0 Å². The van der Waals surface area contributed by atoms with E-state index in [0.29, 0.717) is 10.8 Å². The third-order valence-electron chi connectivity index (χ3n) is 2.93. The van der Waals surface area contributed by atoms with Crippen LogP contribution in [0.15, 0.2) is 29.2 Å². The molecule has 0 spiro atoms. The minimum absolute atomic E-state index is 0.201. The van der Waals surface area contributed by atoms with Gasteiger partial charge in [-0.3, -0.25) is 0 Å². The number of nitrogens with one attached hydrogen (secondary N) is 1. The third kappa shape index (κ3) is 4.10. The molecule has 0 saturated carbocycles. The van der Waals surface area contributed by atoms with Gasteiger partial charge in [-0.15, -0.1) is 0 Å². The smallest absolute Gasteiger partial charge is 0.175 e. The van der Waals surface area contributed by atoms with Gasteiger partial charge in [0, 0.05) is 12.3 Å². The van der Waals surface area contributed by atoms with Crippen LogP contribution in [0.4, 0.5) is 0 Å². The molecule has 1 atom stereocenters. The van der Waals surface area contributed by atoms with Gasteiger partial charge >= 0.3 is 0 Å². The molecule has 1 rings (SSSR count). The van der Waals surface area contributed by atoms with Crippen molar-refractivity contribution >= 4 is 9.84 Å². The highest BCUT2D eigenvalue weighted by molar-refractivity contribution is 7.90. The summed E-state index contributed by atoms with van der Waals surface area (Å²) in [6, 6.07) is 7.43. The van der Waals surface area contributed by atoms with E-state index in [1.165, 1.54) is 6.26 Å². The van der Waals surface area contributed by atoms with Crippen LogP contribution in [0.1, 0.15) is 38.8 Å². The van der Waals surface area contributed by atoms with Crippen molar-refractivity contribution in [2.45, 2.75) is 38.1 Å². The largest absolute Gasteiger partial charge is 0.310 e. The maximum absolute atomic E-state index is 11.6. The van der Waals surface area contributed by atoms with E-state index in [1.807, 2.05) is 12.1 Å². The molecule has 1 N–H and O–H groups in total. The average Bonchev–Trinajstić information content (AvgIpc) is 2.28. The van der Waals surface area contributed by atoms with E-state index in [0.717, 1.165) is 18.5 Å². The van der Waals surface area contributed by atoms with E-state index >= 15 is 0 Å². The van der Waals surface area contributed by atoms with Crippen molar-refractivity contribution in [1.29, 1.82) is 0 Å². The quantitative estimate of drug-likeness (QED) is 0.863. The molecular weight excluding hydrogens is 246 g/mol. The van der Waals surface area contributed by atoms with Crippen LogP contribution >= 0.6 is 0 Å². The summed E-state index contributed by atoms with van der Waals surface area (Å²) in [5, 5.41) is 3.47. The van der Waals surface area contributed by atoms with Crippen molar-refractivity contribution in [3.05, 3.63) is 29.8 Å². The molecule has 0 aliphatic carbocycles. The molecule has 0 radical (unpaired) electrons. The summed E-state index contributed by atoms with van der Waals surface area (Å²) in [6.07, 6.45) is 2.31. The molecule has 3 nitrogen and oxygen atoms in total. The van der Waals surface area contributed by atoms with Crippen LogP contribution in [-0.2, 0) is 9.84 Å². The molecule has 1 aromatic rings. The van der Waals surface area contributed by atoms with Crippen molar-refractivity contribution < 1.29 is 8.42 Å². The summed E-state index contributed by atoms with van der Waals surface area (Å²) >= 11 is 0. The number of benzene rings is 1. The summed E-state index contributed by atoms with van der Waals surface area (Å²) in [7, 11) is -3.13. The summed E-state index contributed by atoms with van der Waals surface area (Å²) in [5.74, 6) is 0.423. The van der Waals surface area contributed by atoms with Crippen molar-refractivity contribution in [2.75, 3.05) is 12.8 Å². The highest BCUT2D eigenvalue weighted by Crippen LogP contribution is 2.23. The number of hydrogen-bond acceptors (Lipinski definition) is 3. The van der Waals surface area contributed by atoms with Gasteiger partial charge in [-0.05, 0) is 36.6 Å². The van der Waals surface area contributed by atoms with Gasteiger partial charge in [0.15, 0.2) is 9.84 Å². The summed E-state index contributed by atoms with van der Waals surface area (Å²) < 4.78 is 23.1. The Morgan fingerprint density at radius 1 is 1.28 bits per heavy atom. The van der Waals surface area contributed by atoms with Crippen LogP contribution in [0.3, 0.4) is 0 Å². The summed E-state index contributed by atoms with van der Waals surface area (Å²) in [4.78, 5) is 0.393. The lowest BCUT2D eigenvalue weighted by Gasteiger charge is -2.23. The molecule has 0 saturated heterocycles. The molecule has 4 heteroatoms. The van der Waals surface area contributed by atoms with Gasteiger partial charge in [-0.2, -0.15) is 0 Å². The van der Waals surface area contributed by atoms with Crippen molar-refractivity contribution in [2.24, 2.45) is 5.92 Å². The second kappa shape index (κ2) is 6.34. The highest BCUT2D eigenvalue weighted by atomic mass is 32.2. The highest BCUT2D eigenvalue weighted by Gasteiger charge is 2.16. The third-order valence-corrected chi connectivity index (χ3v) is 4.04. The molecule has 0 amide bonds. The Bertz CT molecular complexity index is 480. The van der Waals surface area contributed by atoms with E-state index in [4.69, 9.17) is 0 Å². The normalized spacial score (nSPS) is 13.8. The Morgan fingerprint density at radius 3 is 2.44 bits per heavy atom. The van der Waals surface area contributed by atoms with Crippen molar-refractivity contribution in [1.82, 2.24) is 5.32 Å². The number of hydrogen-bond donors (Lipinski definition) is 1. The first kappa shape index (κ1) is 15.2. The lowest BCUT2D eigenvalue weighted by Crippen LogP contribution is -2.26. The molecule has 0 aliphatic rings. The first-order chi connectivity index (χ1) is 8.36. The average molecular weight is 269 g/mol. The molecule has 1 unspecified atom stereocenters. The van der Waals surface area contributed by atoms with E-state index in [-0.39, 0.29) is 6.04 Å². The van der Waals surface area contributed by atoms with E-state index in [1.54, 1.807) is 12.1 Å². The van der Waals surface area contributed by atoms with Gasteiger partial charge in [0.1, 0.15) is 0 Å². The van der Waals surface area contributed by atoms with Crippen molar-refractivity contribution in [3.63, 3.8) is 0 Å². The molecule has 1 aromatic carbocycles. The first-order valence-corrected chi connectivity index (χ1v) is 8.28. The Hall–Kier alpha value is -0.870. The Morgan fingerprint density at radius 2 is 1.94 bits per heavy atom. The van der Waals surface area contributed by atoms with Crippen molar-refractivity contribution in [3.8, 4) is 0 Å². The van der Waals surface area contributed by atoms with Gasteiger partial charge in [-0.1, -0.05) is 32.9 Å². The molecule has 102 valence electrons. The standard InChI is InChI=1S/C14H23NO2S/c1-5-9-15-14(11(2)3)12-7-6-8-13(10-12)18(4,16)17/h6-8,10-11,14-15H,5,9H2,1-4H3. The summed E-state index contributed by atoms with van der Waals surface area (Å²) in [5.41, 5.74) is 1.04. The number of rotatable bonds is 6. The molecule has 0 aromatic heterocycles. The van der Waals surface area contributed by atoms with Gasteiger partial charge < -0.3 is 5.32 Å². The fourth-order valence-corrected chi connectivity index (χ4v) is 2.65. The predicted molar refractivity (Wildman–Crippen MR) is 75.4 cm³/mol. The topological polar surface area (TPSA) is 46.2 Å². The van der Waals surface area contributed by atoms with E-state index in [2.05, 4.69) is 26.1 Å². The van der Waals surface area contributed by atoms with E-state index < -0.39 is 9.84 Å². The zero-order chi connectivity index (χ0) is 13.8. The zero-order valence-electron chi connectivity index (χ0n) is 11.6. The molecule has 0 aliphatic heterocycles. The second-order valence-electron chi connectivity index (χ2n) is 5.02. The van der Waals surface area contributed by atoms with Gasteiger partial charge in [0.05, 0.1) is 4.90 Å².